The Morgan fingerprint density at radius 3 is 1.90 bits per heavy atom. The highest BCUT2D eigenvalue weighted by Gasteiger charge is 2.27. The van der Waals surface area contributed by atoms with E-state index >= 15 is 0 Å². The number of hydrogen-bond donors (Lipinski definition) is 1. The van der Waals surface area contributed by atoms with Gasteiger partial charge in [0.1, 0.15) is 0 Å². The van der Waals surface area contributed by atoms with Crippen LogP contribution in [0.4, 0.5) is 0 Å². The van der Waals surface area contributed by atoms with Gasteiger partial charge in [-0.25, -0.2) is 0 Å². The van der Waals surface area contributed by atoms with E-state index in [0.29, 0.717) is 11.8 Å². The maximum Gasteiger partial charge on any atom is 0.227 e. The summed E-state index contributed by atoms with van der Waals surface area (Å²) in [6.07, 6.45) is 0. The molecular formula is C18H30N2O. The molecule has 118 valence electrons. The zero-order valence-corrected chi connectivity index (χ0v) is 14.0. The smallest absolute Gasteiger partial charge is 0.227 e. The first-order valence-corrected chi connectivity index (χ1v) is 7.92. The molecule has 1 aromatic rings. The van der Waals surface area contributed by atoms with Crippen molar-refractivity contribution in [3.63, 3.8) is 0 Å². The summed E-state index contributed by atoms with van der Waals surface area (Å²) in [5, 5.41) is 0. The molecule has 1 aromatic carbocycles. The van der Waals surface area contributed by atoms with Crippen molar-refractivity contribution in [2.45, 2.75) is 40.7 Å². The summed E-state index contributed by atoms with van der Waals surface area (Å²) in [5.41, 5.74) is 7.31. The van der Waals surface area contributed by atoms with Crippen molar-refractivity contribution in [1.82, 2.24) is 4.90 Å². The van der Waals surface area contributed by atoms with Crippen LogP contribution in [0.1, 0.15) is 46.2 Å². The van der Waals surface area contributed by atoms with Crippen molar-refractivity contribution in [3.05, 3.63) is 35.9 Å². The molecule has 0 spiro atoms. The number of amides is 1. The van der Waals surface area contributed by atoms with E-state index in [1.807, 2.05) is 42.2 Å². The van der Waals surface area contributed by atoms with Gasteiger partial charge in [-0.15, -0.1) is 0 Å². The lowest BCUT2D eigenvalue weighted by atomic mass is 9.93. The van der Waals surface area contributed by atoms with Gasteiger partial charge in [-0.3, -0.25) is 4.79 Å². The lowest BCUT2D eigenvalue weighted by Gasteiger charge is -2.31. The van der Waals surface area contributed by atoms with Gasteiger partial charge in [-0.2, -0.15) is 0 Å². The lowest BCUT2D eigenvalue weighted by molar-refractivity contribution is -0.136. The number of nitrogens with zero attached hydrogens (tertiary/aromatic N) is 1. The fraction of sp³-hybridized carbons (Fsp3) is 0.611. The monoisotopic (exact) mass is 290 g/mol. The summed E-state index contributed by atoms with van der Waals surface area (Å²) in [5.74, 6) is 0.888. The SMILES string of the molecule is CC(C)CN(CC(C)C)C(=O)C(C)C(N)c1ccccc1. The maximum atomic E-state index is 12.8. The molecule has 0 heterocycles. The minimum Gasteiger partial charge on any atom is -0.342 e. The van der Waals surface area contributed by atoms with Crippen LogP contribution in [0.5, 0.6) is 0 Å². The first-order valence-electron chi connectivity index (χ1n) is 7.92. The number of carbonyl (C=O) groups is 1. The second-order valence-corrected chi connectivity index (χ2v) is 6.76. The van der Waals surface area contributed by atoms with Crippen molar-refractivity contribution in [3.8, 4) is 0 Å². The molecule has 0 radical (unpaired) electrons. The molecule has 0 aliphatic heterocycles. The van der Waals surface area contributed by atoms with E-state index in [4.69, 9.17) is 5.73 Å². The molecule has 2 atom stereocenters. The number of hydrogen-bond acceptors (Lipinski definition) is 2. The minimum absolute atomic E-state index is 0.161. The second-order valence-electron chi connectivity index (χ2n) is 6.76. The van der Waals surface area contributed by atoms with Gasteiger partial charge in [0.2, 0.25) is 5.91 Å². The Labute approximate surface area is 129 Å². The van der Waals surface area contributed by atoms with Gasteiger partial charge in [-0.1, -0.05) is 65.0 Å². The molecule has 0 saturated carbocycles. The Hall–Kier alpha value is -1.35. The zero-order valence-electron chi connectivity index (χ0n) is 14.0. The molecule has 0 fully saturated rings. The first-order chi connectivity index (χ1) is 9.82. The topological polar surface area (TPSA) is 46.3 Å². The normalized spacial score (nSPS) is 14.3. The molecule has 21 heavy (non-hydrogen) atoms. The lowest BCUT2D eigenvalue weighted by Crippen LogP contribution is -2.42. The number of carbonyl (C=O) groups excluding carboxylic acids is 1. The van der Waals surface area contributed by atoms with Crippen LogP contribution in [0.3, 0.4) is 0 Å². The molecule has 0 aliphatic rings. The fourth-order valence-electron chi connectivity index (χ4n) is 2.54. The van der Waals surface area contributed by atoms with Crippen LogP contribution in [0.15, 0.2) is 30.3 Å². The first kappa shape index (κ1) is 17.7. The number of benzene rings is 1. The molecule has 0 saturated heterocycles. The second kappa shape index (κ2) is 8.18. The zero-order chi connectivity index (χ0) is 16.0. The summed E-state index contributed by atoms with van der Waals surface area (Å²) < 4.78 is 0. The van der Waals surface area contributed by atoms with Crippen LogP contribution in [-0.2, 0) is 4.79 Å². The summed E-state index contributed by atoms with van der Waals surface area (Å²) in [4.78, 5) is 14.7. The maximum absolute atomic E-state index is 12.8. The largest absolute Gasteiger partial charge is 0.342 e. The van der Waals surface area contributed by atoms with Gasteiger partial charge in [0.25, 0.3) is 0 Å². The Morgan fingerprint density at radius 1 is 1.00 bits per heavy atom. The third-order valence-electron chi connectivity index (χ3n) is 3.60. The van der Waals surface area contributed by atoms with Crippen LogP contribution in [-0.4, -0.2) is 23.9 Å². The van der Waals surface area contributed by atoms with Crippen LogP contribution >= 0.6 is 0 Å². The van der Waals surface area contributed by atoms with Gasteiger partial charge < -0.3 is 10.6 Å². The molecular weight excluding hydrogens is 260 g/mol. The molecule has 3 nitrogen and oxygen atoms in total. The van der Waals surface area contributed by atoms with Crippen LogP contribution in [0, 0.1) is 17.8 Å². The molecule has 1 amide bonds. The van der Waals surface area contributed by atoms with Crippen molar-refractivity contribution >= 4 is 5.91 Å². The van der Waals surface area contributed by atoms with Crippen LogP contribution in [0.2, 0.25) is 0 Å². The highest BCUT2D eigenvalue weighted by Crippen LogP contribution is 2.22. The van der Waals surface area contributed by atoms with Crippen molar-refractivity contribution in [2.75, 3.05) is 13.1 Å². The highest BCUT2D eigenvalue weighted by atomic mass is 16.2. The molecule has 0 bridgehead atoms. The molecule has 0 aromatic heterocycles. The van der Waals surface area contributed by atoms with E-state index in [9.17, 15) is 4.79 Å². The number of nitrogens with two attached hydrogens (primary N) is 1. The van der Waals surface area contributed by atoms with Crippen LogP contribution in [0.25, 0.3) is 0 Å². The van der Waals surface area contributed by atoms with Gasteiger partial charge in [0.05, 0.1) is 5.92 Å². The third-order valence-corrected chi connectivity index (χ3v) is 3.60. The highest BCUT2D eigenvalue weighted by molar-refractivity contribution is 5.79. The van der Waals surface area contributed by atoms with E-state index in [2.05, 4.69) is 27.7 Å². The van der Waals surface area contributed by atoms with Gasteiger partial charge >= 0.3 is 0 Å². The molecule has 2 unspecified atom stereocenters. The van der Waals surface area contributed by atoms with E-state index < -0.39 is 0 Å². The Balaban J connectivity index is 2.81. The standard InChI is InChI=1S/C18H30N2O/c1-13(2)11-20(12-14(3)4)18(21)15(5)17(19)16-9-7-6-8-10-16/h6-10,13-15,17H,11-12,19H2,1-5H3. The van der Waals surface area contributed by atoms with Crippen LogP contribution < -0.4 is 5.73 Å². The predicted molar refractivity (Wildman–Crippen MR) is 88.8 cm³/mol. The number of rotatable bonds is 7. The molecule has 1 rings (SSSR count). The molecule has 2 N–H and O–H groups in total. The summed E-state index contributed by atoms with van der Waals surface area (Å²) in [7, 11) is 0. The Bertz CT molecular complexity index is 418. The average Bonchev–Trinajstić information content (AvgIpc) is 2.44. The van der Waals surface area contributed by atoms with Gasteiger partial charge in [0.15, 0.2) is 0 Å². The Morgan fingerprint density at radius 2 is 1.48 bits per heavy atom. The molecule has 0 aliphatic carbocycles. The summed E-state index contributed by atoms with van der Waals surface area (Å²) >= 11 is 0. The van der Waals surface area contributed by atoms with Gasteiger partial charge in [-0.05, 0) is 17.4 Å². The summed E-state index contributed by atoms with van der Waals surface area (Å²) in [6, 6.07) is 9.62. The van der Waals surface area contributed by atoms with E-state index in [0.717, 1.165) is 18.7 Å². The quantitative estimate of drug-likeness (QED) is 0.836. The van der Waals surface area contributed by atoms with Crippen molar-refractivity contribution in [1.29, 1.82) is 0 Å². The van der Waals surface area contributed by atoms with E-state index in [1.165, 1.54) is 0 Å². The molecule has 3 heteroatoms. The van der Waals surface area contributed by atoms with E-state index in [-0.39, 0.29) is 17.9 Å². The Kier molecular flexibility index (Phi) is 6.90. The van der Waals surface area contributed by atoms with Crippen molar-refractivity contribution < 1.29 is 4.79 Å². The average molecular weight is 290 g/mol. The van der Waals surface area contributed by atoms with E-state index in [1.54, 1.807) is 0 Å². The fourth-order valence-corrected chi connectivity index (χ4v) is 2.54. The predicted octanol–water partition coefficient (Wildman–Crippen LogP) is 3.46. The van der Waals surface area contributed by atoms with Crippen molar-refractivity contribution in [2.24, 2.45) is 23.5 Å². The van der Waals surface area contributed by atoms with Gasteiger partial charge in [0, 0.05) is 19.1 Å². The summed E-state index contributed by atoms with van der Waals surface area (Å²) in [6.45, 7) is 12.1. The minimum atomic E-state index is -0.250. The third kappa shape index (κ3) is 5.50.